The standard InChI is InChI=1S/C21H17F4N3O/c1-3-13-7-8-14(21(23,24)25)9-15(13)17-10-27-18(11-26-17)28-20(29)19-12(2)5-4-6-16(19)22/h4-11H,3H2,1-2H3,(H,27,28,29). The van der Waals surface area contributed by atoms with Crippen molar-refractivity contribution in [3.05, 3.63) is 76.9 Å². The third-order valence-electron chi connectivity index (χ3n) is 4.44. The average Bonchev–Trinajstić information content (AvgIpc) is 2.67. The van der Waals surface area contributed by atoms with Crippen molar-refractivity contribution in [1.29, 1.82) is 0 Å². The molecular weight excluding hydrogens is 386 g/mol. The van der Waals surface area contributed by atoms with E-state index < -0.39 is 23.5 Å². The van der Waals surface area contributed by atoms with E-state index in [2.05, 4.69) is 15.3 Å². The lowest BCUT2D eigenvalue weighted by Crippen LogP contribution is -2.16. The lowest BCUT2D eigenvalue weighted by atomic mass is 9.99. The molecule has 3 rings (SSSR count). The Balaban J connectivity index is 1.88. The second kappa shape index (κ2) is 7.98. The number of halogens is 4. The molecule has 0 aliphatic rings. The maximum atomic E-state index is 13.9. The second-order valence-corrected chi connectivity index (χ2v) is 6.40. The molecule has 1 N–H and O–H groups in total. The zero-order chi connectivity index (χ0) is 21.2. The molecule has 0 unspecified atom stereocenters. The topological polar surface area (TPSA) is 54.9 Å². The SMILES string of the molecule is CCc1ccc(C(F)(F)F)cc1-c1cnc(NC(=O)c2c(C)cccc2F)cn1. The van der Waals surface area contributed by atoms with Crippen LogP contribution in [0.4, 0.5) is 23.4 Å². The molecule has 2 aromatic carbocycles. The molecule has 4 nitrogen and oxygen atoms in total. The third kappa shape index (κ3) is 4.42. The fourth-order valence-corrected chi connectivity index (χ4v) is 2.93. The van der Waals surface area contributed by atoms with Gasteiger partial charge in [-0.3, -0.25) is 9.78 Å². The summed E-state index contributed by atoms with van der Waals surface area (Å²) < 4.78 is 53.0. The van der Waals surface area contributed by atoms with Crippen LogP contribution in [0, 0.1) is 12.7 Å². The van der Waals surface area contributed by atoms with Crippen LogP contribution in [-0.4, -0.2) is 15.9 Å². The van der Waals surface area contributed by atoms with Gasteiger partial charge in [-0.05, 0) is 42.7 Å². The first-order valence-corrected chi connectivity index (χ1v) is 8.79. The van der Waals surface area contributed by atoms with Crippen molar-refractivity contribution < 1.29 is 22.4 Å². The Morgan fingerprint density at radius 3 is 2.45 bits per heavy atom. The number of alkyl halides is 3. The highest BCUT2D eigenvalue weighted by Crippen LogP contribution is 2.33. The zero-order valence-electron chi connectivity index (χ0n) is 15.6. The molecule has 0 aliphatic carbocycles. The van der Waals surface area contributed by atoms with E-state index in [-0.39, 0.29) is 17.1 Å². The first kappa shape index (κ1) is 20.4. The van der Waals surface area contributed by atoms with Gasteiger partial charge in [-0.1, -0.05) is 25.1 Å². The molecule has 0 fully saturated rings. The Hall–Kier alpha value is -3.29. The summed E-state index contributed by atoms with van der Waals surface area (Å²) in [5, 5.41) is 2.45. The van der Waals surface area contributed by atoms with Gasteiger partial charge in [0.2, 0.25) is 0 Å². The molecule has 0 saturated carbocycles. The lowest BCUT2D eigenvalue weighted by molar-refractivity contribution is -0.137. The van der Waals surface area contributed by atoms with E-state index in [1.165, 1.54) is 30.6 Å². The largest absolute Gasteiger partial charge is 0.416 e. The monoisotopic (exact) mass is 403 g/mol. The molecule has 1 aromatic heterocycles. The number of benzene rings is 2. The fourth-order valence-electron chi connectivity index (χ4n) is 2.93. The summed E-state index contributed by atoms with van der Waals surface area (Å²) in [6.07, 6.45) is -1.46. The molecule has 150 valence electrons. The van der Waals surface area contributed by atoms with E-state index >= 15 is 0 Å². The molecule has 0 saturated heterocycles. The number of aryl methyl sites for hydroxylation is 2. The van der Waals surface area contributed by atoms with Crippen molar-refractivity contribution in [2.45, 2.75) is 26.4 Å². The number of amides is 1. The molecule has 0 spiro atoms. The Morgan fingerprint density at radius 2 is 1.86 bits per heavy atom. The van der Waals surface area contributed by atoms with Gasteiger partial charge >= 0.3 is 6.18 Å². The van der Waals surface area contributed by atoms with E-state index in [0.717, 1.165) is 12.1 Å². The molecule has 29 heavy (non-hydrogen) atoms. The average molecular weight is 403 g/mol. The van der Waals surface area contributed by atoms with Gasteiger partial charge in [-0.15, -0.1) is 0 Å². The first-order chi connectivity index (χ1) is 13.7. The molecule has 0 aliphatic heterocycles. The van der Waals surface area contributed by atoms with Gasteiger partial charge in [-0.2, -0.15) is 13.2 Å². The van der Waals surface area contributed by atoms with E-state index in [4.69, 9.17) is 0 Å². The number of hydrogen-bond acceptors (Lipinski definition) is 3. The Morgan fingerprint density at radius 1 is 1.10 bits per heavy atom. The summed E-state index contributed by atoms with van der Waals surface area (Å²) in [7, 11) is 0. The fraction of sp³-hybridized carbons (Fsp3) is 0.190. The van der Waals surface area contributed by atoms with Crippen molar-refractivity contribution >= 4 is 11.7 Å². The van der Waals surface area contributed by atoms with Crippen molar-refractivity contribution in [1.82, 2.24) is 9.97 Å². The Kier molecular flexibility index (Phi) is 5.63. The Bertz CT molecular complexity index is 1030. The summed E-state index contributed by atoms with van der Waals surface area (Å²) in [5.41, 5.74) is 0.823. The van der Waals surface area contributed by atoms with Crippen molar-refractivity contribution in [3.63, 3.8) is 0 Å². The highest BCUT2D eigenvalue weighted by atomic mass is 19.4. The van der Waals surface area contributed by atoms with Gasteiger partial charge in [0.15, 0.2) is 5.82 Å². The van der Waals surface area contributed by atoms with Crippen LogP contribution in [0.2, 0.25) is 0 Å². The van der Waals surface area contributed by atoms with Crippen LogP contribution in [-0.2, 0) is 12.6 Å². The van der Waals surface area contributed by atoms with Crippen LogP contribution in [0.1, 0.15) is 34.0 Å². The van der Waals surface area contributed by atoms with Crippen molar-refractivity contribution in [3.8, 4) is 11.3 Å². The van der Waals surface area contributed by atoms with Gasteiger partial charge in [0.1, 0.15) is 5.82 Å². The molecule has 0 bridgehead atoms. The lowest BCUT2D eigenvalue weighted by Gasteiger charge is -2.13. The highest BCUT2D eigenvalue weighted by molar-refractivity contribution is 6.04. The smallest absolute Gasteiger partial charge is 0.305 e. The van der Waals surface area contributed by atoms with Crippen LogP contribution in [0.15, 0.2) is 48.8 Å². The van der Waals surface area contributed by atoms with E-state index in [9.17, 15) is 22.4 Å². The minimum atomic E-state index is -4.47. The number of rotatable bonds is 4. The number of anilines is 1. The number of hydrogen-bond donors (Lipinski definition) is 1. The molecule has 0 radical (unpaired) electrons. The van der Waals surface area contributed by atoms with E-state index in [1.807, 2.05) is 6.92 Å². The summed E-state index contributed by atoms with van der Waals surface area (Å²) in [6.45, 7) is 3.43. The maximum Gasteiger partial charge on any atom is 0.416 e. The molecule has 8 heteroatoms. The second-order valence-electron chi connectivity index (χ2n) is 6.40. The van der Waals surface area contributed by atoms with Crippen LogP contribution < -0.4 is 5.32 Å². The summed E-state index contributed by atoms with van der Waals surface area (Å²) in [6, 6.07) is 7.75. The van der Waals surface area contributed by atoms with E-state index in [0.29, 0.717) is 23.1 Å². The molecule has 0 atom stereocenters. The van der Waals surface area contributed by atoms with Gasteiger partial charge in [0.05, 0.1) is 29.2 Å². The minimum Gasteiger partial charge on any atom is -0.305 e. The zero-order valence-corrected chi connectivity index (χ0v) is 15.6. The quantitative estimate of drug-likeness (QED) is 0.592. The Labute approximate surface area is 164 Å². The normalized spacial score (nSPS) is 11.4. The summed E-state index contributed by atoms with van der Waals surface area (Å²) in [4.78, 5) is 20.5. The van der Waals surface area contributed by atoms with Crippen LogP contribution >= 0.6 is 0 Å². The predicted molar refractivity (Wildman–Crippen MR) is 101 cm³/mol. The van der Waals surface area contributed by atoms with Crippen LogP contribution in [0.5, 0.6) is 0 Å². The first-order valence-electron chi connectivity index (χ1n) is 8.79. The number of nitrogens with one attached hydrogen (secondary N) is 1. The molecule has 1 heterocycles. The van der Waals surface area contributed by atoms with Gasteiger partial charge in [-0.25, -0.2) is 9.37 Å². The number of aromatic nitrogens is 2. The van der Waals surface area contributed by atoms with Gasteiger partial charge < -0.3 is 5.32 Å². The van der Waals surface area contributed by atoms with Gasteiger partial charge in [0.25, 0.3) is 5.91 Å². The maximum absolute atomic E-state index is 13.9. The third-order valence-corrected chi connectivity index (χ3v) is 4.44. The van der Waals surface area contributed by atoms with Crippen LogP contribution in [0.3, 0.4) is 0 Å². The van der Waals surface area contributed by atoms with E-state index in [1.54, 1.807) is 13.0 Å². The molecular formula is C21H17F4N3O. The summed E-state index contributed by atoms with van der Waals surface area (Å²) >= 11 is 0. The predicted octanol–water partition coefficient (Wildman–Crippen LogP) is 5.42. The number of nitrogens with zero attached hydrogens (tertiary/aromatic N) is 2. The number of carbonyl (C=O) groups excluding carboxylic acids is 1. The number of carbonyl (C=O) groups is 1. The van der Waals surface area contributed by atoms with Crippen molar-refractivity contribution in [2.24, 2.45) is 0 Å². The molecule has 1 amide bonds. The summed E-state index contributed by atoms with van der Waals surface area (Å²) in [5.74, 6) is -1.29. The molecule has 3 aromatic rings. The van der Waals surface area contributed by atoms with Gasteiger partial charge in [0, 0.05) is 5.56 Å². The van der Waals surface area contributed by atoms with Crippen molar-refractivity contribution in [2.75, 3.05) is 5.32 Å². The van der Waals surface area contributed by atoms with Crippen LogP contribution in [0.25, 0.3) is 11.3 Å². The minimum absolute atomic E-state index is 0.0615. The highest BCUT2D eigenvalue weighted by Gasteiger charge is 2.31.